The van der Waals surface area contributed by atoms with Crippen LogP contribution in [0.5, 0.6) is 0 Å². The highest BCUT2D eigenvalue weighted by Gasteiger charge is 2.16. The maximum atomic E-state index is 12.3. The highest BCUT2D eigenvalue weighted by Crippen LogP contribution is 2.19. The van der Waals surface area contributed by atoms with E-state index in [1.54, 1.807) is 4.68 Å². The van der Waals surface area contributed by atoms with Crippen LogP contribution in [0.2, 0.25) is 0 Å². The predicted octanol–water partition coefficient (Wildman–Crippen LogP) is 3.14. The molecule has 2 heterocycles. The summed E-state index contributed by atoms with van der Waals surface area (Å²) in [5.74, 6) is 0.613. The Morgan fingerprint density at radius 2 is 1.93 bits per heavy atom. The molecule has 0 fully saturated rings. The van der Waals surface area contributed by atoms with Crippen LogP contribution in [0.3, 0.4) is 0 Å². The maximum absolute atomic E-state index is 12.3. The fourth-order valence-corrected chi connectivity index (χ4v) is 4.17. The number of aromatic nitrogens is 4. The van der Waals surface area contributed by atoms with E-state index >= 15 is 0 Å². The number of tetrazole rings is 1. The molecule has 1 aromatic heterocycles. The summed E-state index contributed by atoms with van der Waals surface area (Å²) in [6, 6.07) is 17.4. The van der Waals surface area contributed by atoms with Gasteiger partial charge in [-0.3, -0.25) is 4.79 Å². The second-order valence-corrected chi connectivity index (χ2v) is 8.62. The Morgan fingerprint density at radius 1 is 1.14 bits per heavy atom. The van der Waals surface area contributed by atoms with Gasteiger partial charge in [-0.2, -0.15) is 9.78 Å². The van der Waals surface area contributed by atoms with Crippen molar-refractivity contribution in [3.05, 3.63) is 64.6 Å². The molecule has 4 rings (SSSR count). The molecule has 0 atom stereocenters. The van der Waals surface area contributed by atoms with Gasteiger partial charge in [0.05, 0.1) is 17.2 Å². The Morgan fingerprint density at radius 3 is 2.66 bits per heavy atom. The molecule has 0 spiro atoms. The third-order valence-electron chi connectivity index (χ3n) is 3.80. The minimum atomic E-state index is -0.189. The lowest BCUT2D eigenvalue weighted by atomic mass is 10.1. The second-order valence-electron chi connectivity index (χ2n) is 5.79. The molecule has 3 aromatic rings. The number of amidine groups is 1. The minimum absolute atomic E-state index is 0.163. The Hall–Kier alpha value is -2.50. The largest absolute Gasteiger partial charge is 0.303 e. The van der Waals surface area contributed by atoms with Gasteiger partial charge in [0, 0.05) is 10.2 Å². The van der Waals surface area contributed by atoms with Gasteiger partial charge < -0.3 is 5.32 Å². The first-order chi connectivity index (χ1) is 14.2. The summed E-state index contributed by atoms with van der Waals surface area (Å²) in [7, 11) is 0. The zero-order valence-corrected chi connectivity index (χ0v) is 18.1. The van der Waals surface area contributed by atoms with Crippen molar-refractivity contribution in [1.29, 1.82) is 0 Å². The van der Waals surface area contributed by atoms with Gasteiger partial charge in [-0.25, -0.2) is 0 Å². The van der Waals surface area contributed by atoms with Crippen molar-refractivity contribution in [2.24, 2.45) is 10.2 Å². The molecule has 0 bridgehead atoms. The van der Waals surface area contributed by atoms with Crippen LogP contribution >= 0.6 is 39.5 Å². The van der Waals surface area contributed by atoms with E-state index in [9.17, 15) is 4.79 Å². The first-order valence-electron chi connectivity index (χ1n) is 8.49. The average molecular weight is 488 g/mol. The molecule has 0 aliphatic carbocycles. The van der Waals surface area contributed by atoms with Gasteiger partial charge in [0.2, 0.25) is 11.1 Å². The molecule has 1 amide bonds. The Balaban J connectivity index is 1.34. The molecule has 29 heavy (non-hydrogen) atoms. The number of para-hydroxylation sites is 1. The topological polar surface area (TPSA) is 97.4 Å². The van der Waals surface area contributed by atoms with E-state index in [0.29, 0.717) is 16.1 Å². The lowest BCUT2D eigenvalue weighted by Crippen LogP contribution is -2.31. The zero-order valence-electron chi connectivity index (χ0n) is 14.9. The number of nitrogens with one attached hydrogen (secondary N) is 1. The highest BCUT2D eigenvalue weighted by molar-refractivity contribution is 9.10. The smallest absolute Gasteiger partial charge is 0.236 e. The predicted molar refractivity (Wildman–Crippen MR) is 119 cm³/mol. The first-order valence-corrected chi connectivity index (χ1v) is 11.3. The van der Waals surface area contributed by atoms with E-state index in [0.717, 1.165) is 21.4 Å². The van der Waals surface area contributed by atoms with Crippen molar-refractivity contribution in [3.63, 3.8) is 0 Å². The quantitative estimate of drug-likeness (QED) is 0.555. The molecular weight excluding hydrogens is 474 g/mol. The molecule has 146 valence electrons. The molecule has 8 nitrogen and oxygen atoms in total. The third kappa shape index (κ3) is 5.11. The number of carbonyl (C=O) groups excluding carboxylic acids is 1. The van der Waals surface area contributed by atoms with Crippen LogP contribution in [-0.4, -0.2) is 48.5 Å². The highest BCUT2D eigenvalue weighted by atomic mass is 79.9. The molecule has 0 radical (unpaired) electrons. The van der Waals surface area contributed by atoms with Crippen molar-refractivity contribution in [3.8, 4) is 5.69 Å². The van der Waals surface area contributed by atoms with Crippen LogP contribution in [0.4, 0.5) is 0 Å². The number of hydrogen-bond acceptors (Lipinski definition) is 8. The average Bonchev–Trinajstić information content (AvgIpc) is 3.23. The molecule has 2 aromatic carbocycles. The summed E-state index contributed by atoms with van der Waals surface area (Å²) >= 11 is 6.11. The van der Waals surface area contributed by atoms with Crippen LogP contribution < -0.4 is 5.32 Å². The van der Waals surface area contributed by atoms with E-state index < -0.39 is 0 Å². The lowest BCUT2D eigenvalue weighted by Gasteiger charge is -2.12. The molecule has 1 N–H and O–H groups in total. The van der Waals surface area contributed by atoms with Crippen molar-refractivity contribution in [2.75, 3.05) is 11.5 Å². The van der Waals surface area contributed by atoms with Crippen molar-refractivity contribution in [2.45, 2.75) is 5.16 Å². The Kier molecular flexibility index (Phi) is 6.37. The SMILES string of the molecule is O=C(CSc1nnnn1-c1ccccc1)NC1=NN=C(c2ccc(Br)cc2)CS1. The number of hydrogen-bond donors (Lipinski definition) is 1. The normalized spacial score (nSPS) is 13.6. The van der Waals surface area contributed by atoms with Gasteiger partial charge in [-0.05, 0) is 40.3 Å². The zero-order chi connectivity index (χ0) is 20.1. The number of halogens is 1. The van der Waals surface area contributed by atoms with Crippen molar-refractivity contribution < 1.29 is 4.79 Å². The van der Waals surface area contributed by atoms with E-state index in [1.165, 1.54) is 23.5 Å². The van der Waals surface area contributed by atoms with Crippen LogP contribution in [0.1, 0.15) is 5.56 Å². The number of carbonyl (C=O) groups is 1. The van der Waals surface area contributed by atoms with Crippen molar-refractivity contribution >= 4 is 56.2 Å². The Labute approximate surface area is 183 Å². The van der Waals surface area contributed by atoms with Gasteiger partial charge in [0.25, 0.3) is 0 Å². The van der Waals surface area contributed by atoms with Crippen LogP contribution in [0.15, 0.2) is 74.4 Å². The number of amides is 1. The molecule has 0 unspecified atom stereocenters. The Bertz CT molecular complexity index is 1070. The fraction of sp³-hybridized carbons (Fsp3) is 0.111. The monoisotopic (exact) mass is 487 g/mol. The minimum Gasteiger partial charge on any atom is -0.303 e. The van der Waals surface area contributed by atoms with Gasteiger partial charge in [-0.15, -0.1) is 10.2 Å². The van der Waals surface area contributed by atoms with Gasteiger partial charge in [0.1, 0.15) is 0 Å². The summed E-state index contributed by atoms with van der Waals surface area (Å²) in [4.78, 5) is 12.3. The molecular formula is C18H14BrN7OS2. The van der Waals surface area contributed by atoms with E-state index in [2.05, 4.69) is 47.0 Å². The van der Waals surface area contributed by atoms with Gasteiger partial charge in [-0.1, -0.05) is 69.8 Å². The molecule has 1 aliphatic heterocycles. The van der Waals surface area contributed by atoms with Crippen LogP contribution in [0, 0.1) is 0 Å². The standard InChI is InChI=1S/C18H14BrN7OS2/c19-13-8-6-12(7-9-13)15-10-28-17(22-21-15)20-16(27)11-29-18-23-24-25-26(18)14-4-2-1-3-5-14/h1-9H,10-11H2,(H,20,22,27). The number of rotatable bonds is 5. The number of benzene rings is 2. The molecule has 11 heteroatoms. The maximum Gasteiger partial charge on any atom is 0.236 e. The first kappa shape index (κ1) is 19.8. The molecule has 0 saturated carbocycles. The third-order valence-corrected chi connectivity index (χ3v) is 6.13. The van der Waals surface area contributed by atoms with Crippen LogP contribution in [0.25, 0.3) is 5.69 Å². The van der Waals surface area contributed by atoms with E-state index in [1.807, 2.05) is 54.6 Å². The molecule has 0 saturated heterocycles. The van der Waals surface area contributed by atoms with E-state index in [-0.39, 0.29) is 11.7 Å². The number of nitrogens with zero attached hydrogens (tertiary/aromatic N) is 6. The lowest BCUT2D eigenvalue weighted by molar-refractivity contribution is -0.117. The summed E-state index contributed by atoms with van der Waals surface area (Å²) < 4.78 is 2.61. The van der Waals surface area contributed by atoms with Crippen LogP contribution in [-0.2, 0) is 4.79 Å². The van der Waals surface area contributed by atoms with Gasteiger partial charge >= 0.3 is 0 Å². The number of thioether (sulfide) groups is 2. The summed E-state index contributed by atoms with van der Waals surface area (Å²) in [6.07, 6.45) is 0. The summed E-state index contributed by atoms with van der Waals surface area (Å²) in [6.45, 7) is 0. The van der Waals surface area contributed by atoms with Crippen molar-refractivity contribution in [1.82, 2.24) is 25.5 Å². The van der Waals surface area contributed by atoms with Gasteiger partial charge in [0.15, 0.2) is 5.17 Å². The second kappa shape index (κ2) is 9.33. The summed E-state index contributed by atoms with van der Waals surface area (Å²) in [5, 5.41) is 23.8. The van der Waals surface area contributed by atoms with E-state index in [4.69, 9.17) is 0 Å². The molecule has 1 aliphatic rings. The fourth-order valence-electron chi connectivity index (χ4n) is 2.43. The summed E-state index contributed by atoms with van der Waals surface area (Å²) in [5.41, 5.74) is 2.72.